The second kappa shape index (κ2) is 7.19. The fourth-order valence-corrected chi connectivity index (χ4v) is 5.38. The summed E-state index contributed by atoms with van der Waals surface area (Å²) < 4.78 is 11.0. The molecule has 0 bridgehead atoms. The molecule has 1 saturated heterocycles. The van der Waals surface area contributed by atoms with Gasteiger partial charge < -0.3 is 9.47 Å². The van der Waals surface area contributed by atoms with Crippen LogP contribution in [-0.2, 0) is 15.6 Å². The van der Waals surface area contributed by atoms with Crippen molar-refractivity contribution in [3.63, 3.8) is 0 Å². The van der Waals surface area contributed by atoms with E-state index >= 15 is 0 Å². The van der Waals surface area contributed by atoms with Crippen LogP contribution in [0.4, 0.5) is 0 Å². The summed E-state index contributed by atoms with van der Waals surface area (Å²) in [6, 6.07) is 13.1. The maximum absolute atomic E-state index is 5.96. The number of rotatable bonds is 6. The van der Waals surface area contributed by atoms with E-state index in [1.165, 1.54) is 40.0 Å². The first-order valence-electron chi connectivity index (χ1n) is 7.71. The van der Waals surface area contributed by atoms with E-state index in [0.29, 0.717) is 17.5 Å². The van der Waals surface area contributed by atoms with Crippen LogP contribution in [0.2, 0.25) is 0 Å². The summed E-state index contributed by atoms with van der Waals surface area (Å²) >= 11 is 0. The number of hydrogen-bond acceptors (Lipinski definition) is 2. The van der Waals surface area contributed by atoms with Gasteiger partial charge in [0.1, 0.15) is 17.3 Å². The first kappa shape index (κ1) is 14.7. The van der Waals surface area contributed by atoms with E-state index in [4.69, 9.17) is 9.47 Å². The lowest BCUT2D eigenvalue weighted by Crippen LogP contribution is -2.06. The zero-order chi connectivity index (χ0) is 14.5. The van der Waals surface area contributed by atoms with Crippen LogP contribution in [0.15, 0.2) is 41.3 Å². The number of benzene rings is 2. The zero-order valence-electron chi connectivity index (χ0n) is 12.6. The van der Waals surface area contributed by atoms with Crippen LogP contribution in [0.3, 0.4) is 0 Å². The van der Waals surface area contributed by atoms with Gasteiger partial charge in [-0.25, -0.2) is 0 Å². The molecule has 2 aromatic rings. The Hall–Kier alpha value is -1.19. The van der Waals surface area contributed by atoms with Crippen molar-refractivity contribution in [3.05, 3.63) is 36.4 Å². The van der Waals surface area contributed by atoms with E-state index in [0.717, 1.165) is 18.8 Å². The largest absolute Gasteiger partial charge is 0.493 e. The summed E-state index contributed by atoms with van der Waals surface area (Å²) in [5, 5.41) is 2.64. The Labute approximate surface area is 129 Å². The molecule has 0 N–H and O–H groups in total. The van der Waals surface area contributed by atoms with E-state index < -0.39 is 0 Å². The Kier molecular flexibility index (Phi) is 5.04. The summed E-state index contributed by atoms with van der Waals surface area (Å²) in [6.45, 7) is 1.46. The van der Waals surface area contributed by atoms with Crippen molar-refractivity contribution in [2.45, 2.75) is 24.2 Å². The van der Waals surface area contributed by atoms with Gasteiger partial charge in [0.15, 0.2) is 4.90 Å². The second-order valence-corrected chi connectivity index (χ2v) is 7.65. The van der Waals surface area contributed by atoms with Gasteiger partial charge in [0.25, 0.3) is 0 Å². The summed E-state index contributed by atoms with van der Waals surface area (Å²) in [6.07, 6.45) is 3.69. The molecule has 0 aliphatic carbocycles. The van der Waals surface area contributed by atoms with Crippen LogP contribution in [0, 0.1) is 0 Å². The predicted octanol–water partition coefficient (Wildman–Crippen LogP) is 4.03. The highest BCUT2D eigenvalue weighted by Crippen LogP contribution is 2.34. The monoisotopic (exact) mass is 303 g/mol. The molecule has 1 heterocycles. The van der Waals surface area contributed by atoms with E-state index in [9.17, 15) is 0 Å². The minimum absolute atomic E-state index is 0.442. The number of methoxy groups -OCH3 is 1. The molecule has 0 aromatic heterocycles. The van der Waals surface area contributed by atoms with Crippen molar-refractivity contribution in [1.29, 1.82) is 0 Å². The van der Waals surface area contributed by atoms with Crippen LogP contribution < -0.4 is 4.74 Å². The highest BCUT2D eigenvalue weighted by atomic mass is 32.2. The molecule has 0 spiro atoms. The van der Waals surface area contributed by atoms with Gasteiger partial charge in [0, 0.05) is 41.8 Å². The third kappa shape index (κ3) is 3.35. The number of fused-ring (bicyclic) bond motifs is 1. The Balaban J connectivity index is 1.87. The van der Waals surface area contributed by atoms with Gasteiger partial charge in [-0.2, -0.15) is 0 Å². The fourth-order valence-electron chi connectivity index (χ4n) is 2.88. The predicted molar refractivity (Wildman–Crippen MR) is 90.5 cm³/mol. The van der Waals surface area contributed by atoms with Crippen LogP contribution in [0.1, 0.15) is 19.3 Å². The molecular formula is C18H23O2S+. The topological polar surface area (TPSA) is 18.5 Å². The maximum Gasteiger partial charge on any atom is 0.162 e. The van der Waals surface area contributed by atoms with Gasteiger partial charge in [0.05, 0.1) is 6.61 Å². The normalized spacial score (nSPS) is 15.7. The fraction of sp³-hybridized carbons (Fsp3) is 0.444. The second-order valence-electron chi connectivity index (χ2n) is 5.41. The SMILES string of the molecule is COCCCOc1ccc([S+]2CCCC2)c2ccccc12. The van der Waals surface area contributed by atoms with Gasteiger partial charge in [-0.3, -0.25) is 0 Å². The summed E-state index contributed by atoms with van der Waals surface area (Å²) in [5.74, 6) is 3.73. The quantitative estimate of drug-likeness (QED) is 0.592. The molecule has 0 atom stereocenters. The van der Waals surface area contributed by atoms with Crippen molar-refractivity contribution < 1.29 is 9.47 Å². The lowest BCUT2D eigenvalue weighted by molar-refractivity contribution is 0.172. The third-order valence-corrected chi connectivity index (χ3v) is 6.48. The molecule has 0 unspecified atom stereocenters. The third-order valence-electron chi connectivity index (χ3n) is 3.94. The van der Waals surface area contributed by atoms with Crippen molar-refractivity contribution in [1.82, 2.24) is 0 Å². The van der Waals surface area contributed by atoms with Gasteiger partial charge in [-0.15, -0.1) is 0 Å². The Morgan fingerprint density at radius 1 is 0.952 bits per heavy atom. The lowest BCUT2D eigenvalue weighted by atomic mass is 10.1. The first-order valence-corrected chi connectivity index (χ1v) is 9.27. The van der Waals surface area contributed by atoms with Crippen molar-refractivity contribution in [3.8, 4) is 5.75 Å². The molecule has 3 rings (SSSR count). The smallest absolute Gasteiger partial charge is 0.162 e. The summed E-state index contributed by atoms with van der Waals surface area (Å²) in [4.78, 5) is 1.53. The van der Waals surface area contributed by atoms with Gasteiger partial charge in [0.2, 0.25) is 0 Å². The molecule has 1 aliphatic rings. The van der Waals surface area contributed by atoms with Crippen molar-refractivity contribution >= 4 is 21.7 Å². The number of ether oxygens (including phenoxy) is 2. The molecule has 0 saturated carbocycles. The average molecular weight is 303 g/mol. The average Bonchev–Trinajstić information content (AvgIpc) is 3.05. The van der Waals surface area contributed by atoms with Crippen LogP contribution in [0.5, 0.6) is 5.75 Å². The van der Waals surface area contributed by atoms with E-state index in [-0.39, 0.29) is 0 Å². The molecule has 1 fully saturated rings. The first-order chi connectivity index (χ1) is 10.4. The Bertz CT molecular complexity index is 591. The minimum Gasteiger partial charge on any atom is -0.493 e. The molecule has 0 amide bonds. The molecule has 112 valence electrons. The van der Waals surface area contributed by atoms with Gasteiger partial charge in [-0.05, 0) is 31.0 Å². The standard InChI is InChI=1S/C18H23O2S/c1-19-11-6-12-20-17-9-10-18(21-13-4-5-14-21)16-8-3-2-7-15(16)17/h2-3,7-10H,4-6,11-14H2,1H3/q+1. The molecule has 2 aromatic carbocycles. The van der Waals surface area contributed by atoms with E-state index in [1.807, 2.05) is 0 Å². The highest BCUT2D eigenvalue weighted by molar-refractivity contribution is 7.97. The van der Waals surface area contributed by atoms with E-state index in [1.54, 1.807) is 7.11 Å². The molecule has 21 heavy (non-hydrogen) atoms. The Morgan fingerprint density at radius 3 is 2.48 bits per heavy atom. The van der Waals surface area contributed by atoms with Crippen LogP contribution in [0.25, 0.3) is 10.8 Å². The van der Waals surface area contributed by atoms with Crippen molar-refractivity contribution in [2.24, 2.45) is 0 Å². The maximum atomic E-state index is 5.96. The summed E-state index contributed by atoms with van der Waals surface area (Å²) in [5.41, 5.74) is 0. The Morgan fingerprint density at radius 2 is 1.71 bits per heavy atom. The van der Waals surface area contributed by atoms with Gasteiger partial charge >= 0.3 is 0 Å². The molecule has 0 radical (unpaired) electrons. The number of hydrogen-bond donors (Lipinski definition) is 0. The minimum atomic E-state index is 0.442. The molecular weight excluding hydrogens is 280 g/mol. The van der Waals surface area contributed by atoms with Crippen LogP contribution >= 0.6 is 0 Å². The lowest BCUT2D eigenvalue weighted by Gasteiger charge is -2.11. The van der Waals surface area contributed by atoms with Gasteiger partial charge in [-0.1, -0.05) is 18.2 Å². The summed E-state index contributed by atoms with van der Waals surface area (Å²) in [7, 11) is 2.17. The highest BCUT2D eigenvalue weighted by Gasteiger charge is 2.29. The molecule has 1 aliphatic heterocycles. The molecule has 3 heteroatoms. The molecule has 2 nitrogen and oxygen atoms in total. The van der Waals surface area contributed by atoms with Crippen molar-refractivity contribution in [2.75, 3.05) is 31.8 Å². The zero-order valence-corrected chi connectivity index (χ0v) is 13.5. The van der Waals surface area contributed by atoms with E-state index in [2.05, 4.69) is 36.4 Å². The van der Waals surface area contributed by atoms with Crippen LogP contribution in [-0.4, -0.2) is 31.8 Å².